The Hall–Kier alpha value is -1.78. The van der Waals surface area contributed by atoms with E-state index in [0.29, 0.717) is 12.2 Å². The molecular formula is C13H20N2O3. The van der Waals surface area contributed by atoms with Crippen molar-refractivity contribution in [3.8, 4) is 0 Å². The molecule has 0 aliphatic heterocycles. The Labute approximate surface area is 107 Å². The van der Waals surface area contributed by atoms with Crippen LogP contribution in [0.3, 0.4) is 0 Å². The Morgan fingerprint density at radius 1 is 1.39 bits per heavy atom. The molecule has 1 amide bonds. The number of esters is 1. The van der Waals surface area contributed by atoms with Crippen molar-refractivity contribution in [2.24, 2.45) is 0 Å². The van der Waals surface area contributed by atoms with Gasteiger partial charge in [0.15, 0.2) is 0 Å². The first kappa shape index (κ1) is 14.3. The minimum Gasteiger partial charge on any atom is -0.468 e. The Bertz CT molecular complexity index is 412. The van der Waals surface area contributed by atoms with E-state index in [9.17, 15) is 9.59 Å². The van der Waals surface area contributed by atoms with E-state index in [-0.39, 0.29) is 12.5 Å². The summed E-state index contributed by atoms with van der Waals surface area (Å²) in [5.41, 5.74) is 0.614. The van der Waals surface area contributed by atoms with Crippen LogP contribution in [0.1, 0.15) is 30.8 Å². The largest absolute Gasteiger partial charge is 0.468 e. The van der Waals surface area contributed by atoms with Gasteiger partial charge < -0.3 is 14.2 Å². The molecule has 0 N–H and O–H groups in total. The van der Waals surface area contributed by atoms with Crippen LogP contribution in [0.5, 0.6) is 0 Å². The van der Waals surface area contributed by atoms with Crippen LogP contribution in [-0.4, -0.2) is 41.5 Å². The molecule has 5 nitrogen and oxygen atoms in total. The van der Waals surface area contributed by atoms with Gasteiger partial charge in [-0.25, -0.2) is 0 Å². The zero-order chi connectivity index (χ0) is 13.5. The summed E-state index contributed by atoms with van der Waals surface area (Å²) in [4.78, 5) is 25.0. The molecule has 0 radical (unpaired) electrons. The van der Waals surface area contributed by atoms with Gasteiger partial charge in [0.05, 0.1) is 7.11 Å². The smallest absolute Gasteiger partial charge is 0.325 e. The molecule has 0 fully saturated rings. The fraction of sp³-hybridized carbons (Fsp3) is 0.538. The summed E-state index contributed by atoms with van der Waals surface area (Å²) in [6.07, 6.45) is 2.83. The third-order valence-electron chi connectivity index (χ3n) is 2.73. The number of carbonyl (C=O) groups is 2. The van der Waals surface area contributed by atoms with Crippen molar-refractivity contribution in [2.45, 2.75) is 26.8 Å². The molecule has 18 heavy (non-hydrogen) atoms. The van der Waals surface area contributed by atoms with Gasteiger partial charge in [-0.1, -0.05) is 6.92 Å². The number of aryl methyl sites for hydroxylation is 1. The second-order valence-electron chi connectivity index (χ2n) is 3.98. The summed E-state index contributed by atoms with van der Waals surface area (Å²) in [5.74, 6) is -0.542. The third-order valence-corrected chi connectivity index (χ3v) is 2.73. The molecule has 0 aliphatic carbocycles. The van der Waals surface area contributed by atoms with E-state index in [1.807, 2.05) is 23.8 Å². The van der Waals surface area contributed by atoms with Crippen molar-refractivity contribution < 1.29 is 14.3 Å². The molecule has 0 bridgehead atoms. The quantitative estimate of drug-likeness (QED) is 0.721. The van der Waals surface area contributed by atoms with Gasteiger partial charge in [-0.2, -0.15) is 0 Å². The standard InChI is InChI=1S/C13H20N2O3/c1-4-8-15-9-6-7-11(15)13(17)14(5-2)10-12(16)18-3/h6-7,9H,4-5,8,10H2,1-3H3. The Morgan fingerprint density at radius 2 is 2.11 bits per heavy atom. The van der Waals surface area contributed by atoms with Crippen LogP contribution in [0.15, 0.2) is 18.3 Å². The van der Waals surface area contributed by atoms with Crippen molar-refractivity contribution in [2.75, 3.05) is 20.2 Å². The molecule has 0 saturated carbocycles. The van der Waals surface area contributed by atoms with Crippen LogP contribution in [-0.2, 0) is 16.1 Å². The van der Waals surface area contributed by atoms with Gasteiger partial charge in [-0.3, -0.25) is 9.59 Å². The second kappa shape index (κ2) is 6.83. The van der Waals surface area contributed by atoms with E-state index in [2.05, 4.69) is 11.7 Å². The predicted molar refractivity (Wildman–Crippen MR) is 68.3 cm³/mol. The Morgan fingerprint density at radius 3 is 2.67 bits per heavy atom. The zero-order valence-corrected chi connectivity index (χ0v) is 11.2. The number of nitrogens with zero attached hydrogens (tertiary/aromatic N) is 2. The molecule has 0 aliphatic rings. The molecule has 0 unspecified atom stereocenters. The summed E-state index contributed by atoms with van der Waals surface area (Å²) in [6.45, 7) is 5.16. The van der Waals surface area contributed by atoms with Gasteiger partial charge in [0.1, 0.15) is 12.2 Å². The number of amides is 1. The van der Waals surface area contributed by atoms with E-state index in [1.54, 1.807) is 6.07 Å². The summed E-state index contributed by atoms with van der Waals surface area (Å²) < 4.78 is 6.49. The summed E-state index contributed by atoms with van der Waals surface area (Å²) >= 11 is 0. The van der Waals surface area contributed by atoms with E-state index in [1.165, 1.54) is 12.0 Å². The maximum absolute atomic E-state index is 12.3. The number of rotatable bonds is 6. The third kappa shape index (κ3) is 3.35. The molecule has 0 saturated heterocycles. The van der Waals surface area contributed by atoms with Crippen LogP contribution in [0.4, 0.5) is 0 Å². The average molecular weight is 252 g/mol. The molecule has 0 spiro atoms. The lowest BCUT2D eigenvalue weighted by Crippen LogP contribution is -2.37. The predicted octanol–water partition coefficient (Wildman–Crippen LogP) is 1.53. The number of likely N-dealkylation sites (N-methyl/N-ethyl adjacent to an activating group) is 1. The number of ether oxygens (including phenoxy) is 1. The highest BCUT2D eigenvalue weighted by Gasteiger charge is 2.19. The van der Waals surface area contributed by atoms with Crippen LogP contribution in [0, 0.1) is 0 Å². The highest BCUT2D eigenvalue weighted by Crippen LogP contribution is 2.08. The van der Waals surface area contributed by atoms with Crippen molar-refractivity contribution in [3.05, 3.63) is 24.0 Å². The van der Waals surface area contributed by atoms with Crippen LogP contribution in [0.2, 0.25) is 0 Å². The monoisotopic (exact) mass is 252 g/mol. The zero-order valence-electron chi connectivity index (χ0n) is 11.2. The Kier molecular flexibility index (Phi) is 5.42. The van der Waals surface area contributed by atoms with Crippen LogP contribution >= 0.6 is 0 Å². The van der Waals surface area contributed by atoms with Gasteiger partial charge in [-0.05, 0) is 25.5 Å². The lowest BCUT2D eigenvalue weighted by atomic mass is 10.3. The topological polar surface area (TPSA) is 51.5 Å². The average Bonchev–Trinajstić information content (AvgIpc) is 2.83. The first-order valence-corrected chi connectivity index (χ1v) is 6.15. The van der Waals surface area contributed by atoms with E-state index < -0.39 is 5.97 Å². The fourth-order valence-electron chi connectivity index (χ4n) is 1.75. The lowest BCUT2D eigenvalue weighted by Gasteiger charge is -2.20. The number of carbonyl (C=O) groups excluding carboxylic acids is 2. The normalized spacial score (nSPS) is 10.2. The summed E-state index contributed by atoms with van der Waals surface area (Å²) in [7, 11) is 1.32. The highest BCUT2D eigenvalue weighted by molar-refractivity contribution is 5.94. The van der Waals surface area contributed by atoms with Gasteiger partial charge in [0.2, 0.25) is 0 Å². The maximum Gasteiger partial charge on any atom is 0.325 e. The summed E-state index contributed by atoms with van der Waals surface area (Å²) in [6, 6.07) is 3.62. The molecular weight excluding hydrogens is 232 g/mol. The lowest BCUT2D eigenvalue weighted by molar-refractivity contribution is -0.141. The number of hydrogen-bond acceptors (Lipinski definition) is 3. The first-order chi connectivity index (χ1) is 8.63. The van der Waals surface area contributed by atoms with E-state index in [0.717, 1.165) is 13.0 Å². The molecule has 1 aromatic rings. The summed E-state index contributed by atoms with van der Waals surface area (Å²) in [5, 5.41) is 0. The number of aromatic nitrogens is 1. The molecule has 0 aromatic carbocycles. The van der Waals surface area contributed by atoms with Gasteiger partial charge in [0, 0.05) is 19.3 Å². The van der Waals surface area contributed by atoms with Crippen molar-refractivity contribution >= 4 is 11.9 Å². The van der Waals surface area contributed by atoms with Crippen molar-refractivity contribution in [1.29, 1.82) is 0 Å². The first-order valence-electron chi connectivity index (χ1n) is 6.15. The highest BCUT2D eigenvalue weighted by atomic mass is 16.5. The minimum absolute atomic E-state index is 0.0108. The van der Waals surface area contributed by atoms with Crippen LogP contribution in [0.25, 0.3) is 0 Å². The molecule has 0 atom stereocenters. The maximum atomic E-state index is 12.3. The molecule has 1 heterocycles. The Balaban J connectivity index is 2.82. The van der Waals surface area contributed by atoms with Crippen LogP contribution < -0.4 is 0 Å². The molecule has 1 rings (SSSR count). The number of hydrogen-bond donors (Lipinski definition) is 0. The fourth-order valence-corrected chi connectivity index (χ4v) is 1.75. The number of methoxy groups -OCH3 is 1. The van der Waals surface area contributed by atoms with E-state index in [4.69, 9.17) is 0 Å². The second-order valence-corrected chi connectivity index (χ2v) is 3.98. The minimum atomic E-state index is -0.404. The van der Waals surface area contributed by atoms with E-state index >= 15 is 0 Å². The SMILES string of the molecule is CCCn1cccc1C(=O)N(CC)CC(=O)OC. The molecule has 5 heteroatoms. The van der Waals surface area contributed by atoms with Gasteiger partial charge in [0.25, 0.3) is 5.91 Å². The van der Waals surface area contributed by atoms with Crippen molar-refractivity contribution in [3.63, 3.8) is 0 Å². The molecule has 100 valence electrons. The van der Waals surface area contributed by atoms with Gasteiger partial charge >= 0.3 is 5.97 Å². The molecule has 1 aromatic heterocycles. The van der Waals surface area contributed by atoms with Crippen molar-refractivity contribution in [1.82, 2.24) is 9.47 Å². The van der Waals surface area contributed by atoms with Gasteiger partial charge in [-0.15, -0.1) is 0 Å².